The van der Waals surface area contributed by atoms with Crippen LogP contribution in [0.15, 0.2) is 43.0 Å². The predicted octanol–water partition coefficient (Wildman–Crippen LogP) is 3.15. The van der Waals surface area contributed by atoms with E-state index < -0.39 is 0 Å². The van der Waals surface area contributed by atoms with Crippen LogP contribution in [0.3, 0.4) is 0 Å². The number of amides is 1. The Bertz CT molecular complexity index is 984. The average Bonchev–Trinajstić information content (AvgIpc) is 3.17. The lowest BCUT2D eigenvalue weighted by molar-refractivity contribution is -0.132. The van der Waals surface area contributed by atoms with Gasteiger partial charge in [0.25, 0.3) is 0 Å². The van der Waals surface area contributed by atoms with Gasteiger partial charge in [0.05, 0.1) is 5.69 Å². The van der Waals surface area contributed by atoms with Crippen molar-refractivity contribution in [1.29, 1.82) is 0 Å². The van der Waals surface area contributed by atoms with Gasteiger partial charge in [-0.2, -0.15) is 5.10 Å². The summed E-state index contributed by atoms with van der Waals surface area (Å²) in [5, 5.41) is 4.27. The monoisotopic (exact) mass is 390 g/mol. The van der Waals surface area contributed by atoms with Crippen LogP contribution >= 0.6 is 0 Å². The maximum Gasteiger partial charge on any atom is 0.224 e. The van der Waals surface area contributed by atoms with E-state index in [1.165, 1.54) is 0 Å². The van der Waals surface area contributed by atoms with Crippen LogP contribution in [0.5, 0.6) is 0 Å². The van der Waals surface area contributed by atoms with E-state index in [1.54, 1.807) is 18.6 Å². The van der Waals surface area contributed by atoms with Gasteiger partial charge in [-0.05, 0) is 50.5 Å². The van der Waals surface area contributed by atoms with E-state index in [-0.39, 0.29) is 11.8 Å². The summed E-state index contributed by atoms with van der Waals surface area (Å²) in [7, 11) is 0. The number of aromatic nitrogens is 5. The van der Waals surface area contributed by atoms with Crippen LogP contribution in [0.1, 0.15) is 42.4 Å². The molecule has 1 fully saturated rings. The Balaban J connectivity index is 1.50. The number of aryl methyl sites for hydroxylation is 3. The average molecular weight is 390 g/mol. The second kappa shape index (κ2) is 8.51. The second-order valence-electron chi connectivity index (χ2n) is 7.58. The third-order valence-corrected chi connectivity index (χ3v) is 5.56. The number of piperidine rings is 1. The van der Waals surface area contributed by atoms with Crippen LogP contribution in [0.25, 0.3) is 11.1 Å². The lowest BCUT2D eigenvalue weighted by Crippen LogP contribution is -2.39. The molecule has 0 N–H and O–H groups in total. The molecule has 4 rings (SSSR count). The van der Waals surface area contributed by atoms with E-state index in [2.05, 4.69) is 15.1 Å². The number of carbonyl (C=O) groups is 1. The third kappa shape index (κ3) is 4.34. The summed E-state index contributed by atoms with van der Waals surface area (Å²) >= 11 is 0. The fourth-order valence-electron chi connectivity index (χ4n) is 3.97. The molecule has 0 radical (unpaired) electrons. The van der Waals surface area contributed by atoms with Gasteiger partial charge in [0, 0.05) is 68.0 Å². The van der Waals surface area contributed by atoms with Crippen molar-refractivity contribution in [2.45, 2.75) is 45.6 Å². The second-order valence-corrected chi connectivity index (χ2v) is 7.58. The first-order valence-electron chi connectivity index (χ1n) is 10.1. The molecule has 1 atom stereocenters. The number of nitrogens with zero attached hydrogens (tertiary/aromatic N) is 6. The Kier molecular flexibility index (Phi) is 5.64. The van der Waals surface area contributed by atoms with Crippen LogP contribution in [0.4, 0.5) is 0 Å². The van der Waals surface area contributed by atoms with Gasteiger partial charge in [0.2, 0.25) is 5.91 Å². The number of hydrogen-bond acceptors (Lipinski definition) is 5. The molecule has 0 aliphatic carbocycles. The molecule has 7 nitrogen and oxygen atoms in total. The molecule has 0 saturated carbocycles. The minimum atomic E-state index is 0.181. The zero-order valence-electron chi connectivity index (χ0n) is 17.0. The highest BCUT2D eigenvalue weighted by atomic mass is 16.2. The van der Waals surface area contributed by atoms with Gasteiger partial charge in [0.15, 0.2) is 0 Å². The molecule has 0 bridgehead atoms. The third-order valence-electron chi connectivity index (χ3n) is 5.56. The van der Waals surface area contributed by atoms with Crippen molar-refractivity contribution in [3.05, 3.63) is 60.2 Å². The summed E-state index contributed by atoms with van der Waals surface area (Å²) in [6, 6.07) is 5.92. The lowest BCUT2D eigenvalue weighted by atomic mass is 9.90. The number of hydrogen-bond donors (Lipinski definition) is 0. The molecular weight excluding hydrogens is 364 g/mol. The molecule has 1 aliphatic rings. The molecule has 0 aromatic carbocycles. The number of likely N-dealkylation sites (tertiary alicyclic amines) is 1. The van der Waals surface area contributed by atoms with Crippen LogP contribution < -0.4 is 0 Å². The van der Waals surface area contributed by atoms with Gasteiger partial charge in [-0.1, -0.05) is 0 Å². The number of carbonyl (C=O) groups excluding carboxylic acids is 1. The summed E-state index contributed by atoms with van der Waals surface area (Å²) in [5.41, 5.74) is 4.20. The first-order chi connectivity index (χ1) is 14.1. The Morgan fingerprint density at radius 1 is 1.17 bits per heavy atom. The van der Waals surface area contributed by atoms with E-state index in [0.29, 0.717) is 19.5 Å². The predicted molar refractivity (Wildman–Crippen MR) is 110 cm³/mol. The Morgan fingerprint density at radius 2 is 2.00 bits per heavy atom. The van der Waals surface area contributed by atoms with E-state index >= 15 is 0 Å². The molecule has 1 amide bonds. The molecule has 4 heterocycles. The van der Waals surface area contributed by atoms with Gasteiger partial charge in [-0.15, -0.1) is 0 Å². The molecule has 3 aromatic rings. The minimum Gasteiger partial charge on any atom is -0.342 e. The van der Waals surface area contributed by atoms with Crippen molar-refractivity contribution in [2.24, 2.45) is 0 Å². The van der Waals surface area contributed by atoms with E-state index in [1.807, 2.05) is 47.8 Å². The summed E-state index contributed by atoms with van der Waals surface area (Å²) in [6.07, 6.45) is 9.71. The van der Waals surface area contributed by atoms with Crippen molar-refractivity contribution in [2.75, 3.05) is 13.1 Å². The van der Waals surface area contributed by atoms with Gasteiger partial charge in [-0.25, -0.2) is 9.97 Å². The van der Waals surface area contributed by atoms with Crippen molar-refractivity contribution in [3.63, 3.8) is 0 Å². The maximum atomic E-state index is 12.8. The standard InChI is InChI=1S/C22H26N6O/c1-16-5-11-25-28(16)13-8-21(29)27-12-3-4-19(15-27)22-20(14-24-17(2)26-22)18-6-9-23-10-7-18/h5-7,9-11,14,19H,3-4,8,12-13,15H2,1-2H3. The SMILES string of the molecule is Cc1ncc(-c2ccncc2)c(C2CCCN(C(=O)CCn3nccc3C)C2)n1. The van der Waals surface area contributed by atoms with Crippen LogP contribution in [0, 0.1) is 13.8 Å². The fourth-order valence-corrected chi connectivity index (χ4v) is 3.97. The smallest absolute Gasteiger partial charge is 0.224 e. The molecule has 0 spiro atoms. The van der Waals surface area contributed by atoms with Crippen LogP contribution in [-0.2, 0) is 11.3 Å². The van der Waals surface area contributed by atoms with E-state index in [0.717, 1.165) is 47.7 Å². The summed E-state index contributed by atoms with van der Waals surface area (Å²) in [4.78, 5) is 28.1. The highest BCUT2D eigenvalue weighted by Gasteiger charge is 2.27. The van der Waals surface area contributed by atoms with Crippen molar-refractivity contribution < 1.29 is 4.79 Å². The van der Waals surface area contributed by atoms with E-state index in [9.17, 15) is 4.79 Å². The maximum absolute atomic E-state index is 12.8. The zero-order chi connectivity index (χ0) is 20.2. The van der Waals surface area contributed by atoms with Crippen LogP contribution in [0.2, 0.25) is 0 Å². The van der Waals surface area contributed by atoms with Crippen molar-refractivity contribution >= 4 is 5.91 Å². The molecule has 150 valence electrons. The number of rotatable bonds is 5. The van der Waals surface area contributed by atoms with Gasteiger partial charge < -0.3 is 4.90 Å². The summed E-state index contributed by atoms with van der Waals surface area (Å²) in [5.74, 6) is 1.15. The molecule has 7 heteroatoms. The topological polar surface area (TPSA) is 76.8 Å². The first kappa shape index (κ1) is 19.2. The molecule has 1 aliphatic heterocycles. The Morgan fingerprint density at radius 3 is 2.76 bits per heavy atom. The number of pyridine rings is 1. The highest BCUT2D eigenvalue weighted by Crippen LogP contribution is 2.33. The molecule has 1 unspecified atom stereocenters. The summed E-state index contributed by atoms with van der Waals surface area (Å²) in [6.45, 7) is 6.05. The quantitative estimate of drug-likeness (QED) is 0.669. The van der Waals surface area contributed by atoms with Crippen LogP contribution in [-0.4, -0.2) is 48.6 Å². The minimum absolute atomic E-state index is 0.181. The molecule has 3 aromatic heterocycles. The largest absolute Gasteiger partial charge is 0.342 e. The summed E-state index contributed by atoms with van der Waals surface area (Å²) < 4.78 is 1.88. The van der Waals surface area contributed by atoms with E-state index in [4.69, 9.17) is 4.98 Å². The lowest BCUT2D eigenvalue weighted by Gasteiger charge is -2.33. The van der Waals surface area contributed by atoms with Crippen molar-refractivity contribution in [3.8, 4) is 11.1 Å². The Labute approximate surface area is 170 Å². The zero-order valence-corrected chi connectivity index (χ0v) is 17.0. The van der Waals surface area contributed by atoms with Gasteiger partial charge >= 0.3 is 0 Å². The Hall–Kier alpha value is -3.09. The van der Waals surface area contributed by atoms with Crippen molar-refractivity contribution in [1.82, 2.24) is 29.6 Å². The van der Waals surface area contributed by atoms with Gasteiger partial charge in [-0.3, -0.25) is 14.5 Å². The molecular formula is C22H26N6O. The first-order valence-corrected chi connectivity index (χ1v) is 10.1. The normalized spacial score (nSPS) is 16.8. The highest BCUT2D eigenvalue weighted by molar-refractivity contribution is 5.76. The molecule has 29 heavy (non-hydrogen) atoms. The molecule has 1 saturated heterocycles. The fraction of sp³-hybridized carbons (Fsp3) is 0.409. The van der Waals surface area contributed by atoms with Gasteiger partial charge in [0.1, 0.15) is 5.82 Å².